The standard InChI is InChI=1S/C15H13FO2/c1-10-4-2-7-13(14(10)9-15(17)18)11-5-3-6-12(16)8-11/h2-8H,9H2,1H3,(H,17,18). The van der Waals surface area contributed by atoms with E-state index in [0.29, 0.717) is 5.56 Å². The molecular weight excluding hydrogens is 231 g/mol. The van der Waals surface area contributed by atoms with Crippen LogP contribution in [0, 0.1) is 12.7 Å². The van der Waals surface area contributed by atoms with Gasteiger partial charge in [0.05, 0.1) is 6.42 Å². The molecule has 2 aromatic rings. The second-order valence-electron chi connectivity index (χ2n) is 4.18. The van der Waals surface area contributed by atoms with Crippen molar-refractivity contribution in [2.45, 2.75) is 13.3 Å². The van der Waals surface area contributed by atoms with Crippen molar-refractivity contribution in [3.63, 3.8) is 0 Å². The number of hydrogen-bond donors (Lipinski definition) is 1. The summed E-state index contributed by atoms with van der Waals surface area (Å²) in [6.45, 7) is 1.86. The Morgan fingerprint density at radius 1 is 1.22 bits per heavy atom. The van der Waals surface area contributed by atoms with Crippen molar-refractivity contribution >= 4 is 5.97 Å². The summed E-state index contributed by atoms with van der Waals surface area (Å²) >= 11 is 0. The van der Waals surface area contributed by atoms with Crippen LogP contribution in [0.2, 0.25) is 0 Å². The van der Waals surface area contributed by atoms with Crippen LogP contribution in [0.1, 0.15) is 11.1 Å². The summed E-state index contributed by atoms with van der Waals surface area (Å²) in [5.41, 5.74) is 3.11. The van der Waals surface area contributed by atoms with Gasteiger partial charge in [-0.15, -0.1) is 0 Å². The lowest BCUT2D eigenvalue weighted by atomic mass is 9.94. The largest absolute Gasteiger partial charge is 0.481 e. The van der Waals surface area contributed by atoms with Gasteiger partial charge >= 0.3 is 5.97 Å². The first kappa shape index (κ1) is 12.3. The molecule has 2 nitrogen and oxygen atoms in total. The van der Waals surface area contributed by atoms with E-state index in [-0.39, 0.29) is 12.2 Å². The van der Waals surface area contributed by atoms with Crippen LogP contribution in [0.15, 0.2) is 42.5 Å². The summed E-state index contributed by atoms with van der Waals surface area (Å²) in [6, 6.07) is 11.7. The maximum absolute atomic E-state index is 13.2. The second-order valence-corrected chi connectivity index (χ2v) is 4.18. The predicted octanol–water partition coefficient (Wildman–Crippen LogP) is 3.43. The van der Waals surface area contributed by atoms with Crippen LogP contribution >= 0.6 is 0 Å². The number of aliphatic carboxylic acids is 1. The van der Waals surface area contributed by atoms with E-state index in [1.165, 1.54) is 12.1 Å². The van der Waals surface area contributed by atoms with E-state index < -0.39 is 5.97 Å². The Labute approximate surface area is 105 Å². The fourth-order valence-corrected chi connectivity index (χ4v) is 2.01. The fourth-order valence-electron chi connectivity index (χ4n) is 2.01. The molecule has 2 rings (SSSR count). The Balaban J connectivity index is 2.56. The number of carbonyl (C=O) groups is 1. The quantitative estimate of drug-likeness (QED) is 0.898. The molecule has 0 aliphatic rings. The Morgan fingerprint density at radius 2 is 1.94 bits per heavy atom. The number of benzene rings is 2. The first-order chi connectivity index (χ1) is 8.58. The number of halogens is 1. The van der Waals surface area contributed by atoms with Gasteiger partial charge in [-0.3, -0.25) is 4.79 Å². The highest BCUT2D eigenvalue weighted by Gasteiger charge is 2.11. The lowest BCUT2D eigenvalue weighted by Crippen LogP contribution is -2.04. The van der Waals surface area contributed by atoms with E-state index >= 15 is 0 Å². The monoisotopic (exact) mass is 244 g/mol. The van der Waals surface area contributed by atoms with Crippen LogP contribution in [0.25, 0.3) is 11.1 Å². The molecule has 1 N–H and O–H groups in total. The highest BCUT2D eigenvalue weighted by atomic mass is 19.1. The molecule has 0 aliphatic carbocycles. The number of rotatable bonds is 3. The van der Waals surface area contributed by atoms with Crippen molar-refractivity contribution < 1.29 is 14.3 Å². The summed E-state index contributed by atoms with van der Waals surface area (Å²) in [5.74, 6) is -1.21. The molecule has 0 saturated heterocycles. The zero-order valence-electron chi connectivity index (χ0n) is 9.98. The van der Waals surface area contributed by atoms with Gasteiger partial charge in [0, 0.05) is 0 Å². The van der Waals surface area contributed by atoms with Gasteiger partial charge < -0.3 is 5.11 Å². The molecule has 92 valence electrons. The normalized spacial score (nSPS) is 10.3. The van der Waals surface area contributed by atoms with Crippen molar-refractivity contribution in [3.8, 4) is 11.1 Å². The lowest BCUT2D eigenvalue weighted by molar-refractivity contribution is -0.136. The van der Waals surface area contributed by atoms with E-state index in [1.807, 2.05) is 25.1 Å². The topological polar surface area (TPSA) is 37.3 Å². The molecule has 0 bridgehead atoms. The first-order valence-corrected chi connectivity index (χ1v) is 5.64. The highest BCUT2D eigenvalue weighted by Crippen LogP contribution is 2.27. The molecule has 0 aromatic heterocycles. The van der Waals surface area contributed by atoms with Crippen molar-refractivity contribution in [3.05, 3.63) is 59.4 Å². The van der Waals surface area contributed by atoms with Crippen molar-refractivity contribution in [2.24, 2.45) is 0 Å². The third-order valence-electron chi connectivity index (χ3n) is 2.87. The van der Waals surface area contributed by atoms with Crippen LogP contribution < -0.4 is 0 Å². The molecular formula is C15H13FO2. The van der Waals surface area contributed by atoms with E-state index in [0.717, 1.165) is 16.7 Å². The SMILES string of the molecule is Cc1cccc(-c2cccc(F)c2)c1CC(=O)O. The van der Waals surface area contributed by atoms with Gasteiger partial charge in [-0.1, -0.05) is 30.3 Å². The minimum atomic E-state index is -0.887. The number of carboxylic acids is 1. The minimum absolute atomic E-state index is 0.0570. The summed E-state index contributed by atoms with van der Waals surface area (Å²) in [5, 5.41) is 8.94. The summed E-state index contributed by atoms with van der Waals surface area (Å²) in [6.07, 6.45) is -0.0570. The van der Waals surface area contributed by atoms with Gasteiger partial charge in [0.2, 0.25) is 0 Å². The van der Waals surface area contributed by atoms with Crippen LogP contribution in [0.3, 0.4) is 0 Å². The van der Waals surface area contributed by atoms with E-state index in [1.54, 1.807) is 12.1 Å². The molecule has 0 saturated carbocycles. The third-order valence-corrected chi connectivity index (χ3v) is 2.87. The summed E-state index contributed by atoms with van der Waals surface area (Å²) in [7, 11) is 0. The third kappa shape index (κ3) is 2.56. The highest BCUT2D eigenvalue weighted by molar-refractivity contribution is 5.77. The maximum atomic E-state index is 13.2. The van der Waals surface area contributed by atoms with Gasteiger partial charge in [0.15, 0.2) is 0 Å². The van der Waals surface area contributed by atoms with E-state index in [9.17, 15) is 9.18 Å². The minimum Gasteiger partial charge on any atom is -0.481 e. The molecule has 18 heavy (non-hydrogen) atoms. The Kier molecular flexibility index (Phi) is 3.42. The van der Waals surface area contributed by atoms with Gasteiger partial charge in [-0.25, -0.2) is 4.39 Å². The molecule has 0 spiro atoms. The van der Waals surface area contributed by atoms with E-state index in [4.69, 9.17) is 5.11 Å². The van der Waals surface area contributed by atoms with Crippen LogP contribution in [0.4, 0.5) is 4.39 Å². The fraction of sp³-hybridized carbons (Fsp3) is 0.133. The predicted molar refractivity (Wildman–Crippen MR) is 67.9 cm³/mol. The number of carboxylic acid groups (broad SMARTS) is 1. The zero-order valence-corrected chi connectivity index (χ0v) is 9.98. The van der Waals surface area contributed by atoms with Crippen molar-refractivity contribution in [1.82, 2.24) is 0 Å². The second kappa shape index (κ2) is 5.00. The average Bonchev–Trinajstić information content (AvgIpc) is 2.31. The molecule has 0 amide bonds. The van der Waals surface area contributed by atoms with Crippen molar-refractivity contribution in [1.29, 1.82) is 0 Å². The summed E-state index contributed by atoms with van der Waals surface area (Å²) in [4.78, 5) is 10.9. The maximum Gasteiger partial charge on any atom is 0.307 e. The average molecular weight is 244 g/mol. The smallest absolute Gasteiger partial charge is 0.307 e. The molecule has 0 atom stereocenters. The van der Waals surface area contributed by atoms with E-state index in [2.05, 4.69) is 0 Å². The summed E-state index contributed by atoms with van der Waals surface area (Å²) < 4.78 is 13.2. The molecule has 0 unspecified atom stereocenters. The lowest BCUT2D eigenvalue weighted by Gasteiger charge is -2.11. The molecule has 0 fully saturated rings. The molecule has 0 radical (unpaired) electrons. The zero-order chi connectivity index (χ0) is 13.1. The number of hydrogen-bond acceptors (Lipinski definition) is 1. The Bertz CT molecular complexity index is 591. The van der Waals surface area contributed by atoms with Crippen LogP contribution in [0.5, 0.6) is 0 Å². The Hall–Kier alpha value is -2.16. The number of aryl methyl sites for hydroxylation is 1. The van der Waals surface area contributed by atoms with Crippen LogP contribution in [-0.2, 0) is 11.2 Å². The van der Waals surface area contributed by atoms with Crippen molar-refractivity contribution in [2.75, 3.05) is 0 Å². The van der Waals surface area contributed by atoms with Crippen LogP contribution in [-0.4, -0.2) is 11.1 Å². The molecule has 3 heteroatoms. The Morgan fingerprint density at radius 3 is 2.61 bits per heavy atom. The van der Waals surface area contributed by atoms with Gasteiger partial charge in [0.25, 0.3) is 0 Å². The molecule has 2 aromatic carbocycles. The first-order valence-electron chi connectivity index (χ1n) is 5.64. The molecule has 0 aliphatic heterocycles. The van der Waals surface area contributed by atoms with Gasteiger partial charge in [-0.05, 0) is 41.3 Å². The van der Waals surface area contributed by atoms with Gasteiger partial charge in [0.1, 0.15) is 5.82 Å². The van der Waals surface area contributed by atoms with Gasteiger partial charge in [-0.2, -0.15) is 0 Å². The molecule has 0 heterocycles.